The van der Waals surface area contributed by atoms with E-state index in [2.05, 4.69) is 15.5 Å². The first-order valence-electron chi connectivity index (χ1n) is 6.73. The topological polar surface area (TPSA) is 80.9 Å². The number of carbonyl (C=O) groups is 1. The summed E-state index contributed by atoms with van der Waals surface area (Å²) in [6.07, 6.45) is -3.51. The van der Waals surface area contributed by atoms with Gasteiger partial charge in [-0.3, -0.25) is 0 Å². The lowest BCUT2D eigenvalue weighted by atomic mass is 9.81. The molecular weight excluding hydrogens is 289 g/mol. The predicted molar refractivity (Wildman–Crippen MR) is 65.5 cm³/mol. The Morgan fingerprint density at radius 3 is 2.29 bits per heavy atom. The van der Waals surface area contributed by atoms with E-state index in [-0.39, 0.29) is 18.8 Å². The van der Waals surface area contributed by atoms with Crippen molar-refractivity contribution >= 4 is 5.97 Å². The quantitative estimate of drug-likeness (QED) is 0.927. The second kappa shape index (κ2) is 5.27. The van der Waals surface area contributed by atoms with Gasteiger partial charge in [0.15, 0.2) is 11.4 Å². The summed E-state index contributed by atoms with van der Waals surface area (Å²) in [6, 6.07) is 0. The van der Waals surface area contributed by atoms with E-state index < -0.39 is 23.6 Å². The fraction of sp³-hybridized carbons (Fsp3) is 0.833. The fourth-order valence-corrected chi connectivity index (χ4v) is 2.62. The van der Waals surface area contributed by atoms with Gasteiger partial charge in [0.1, 0.15) is 0 Å². The zero-order valence-electron chi connectivity index (χ0n) is 11.8. The van der Waals surface area contributed by atoms with Crippen LogP contribution in [0.4, 0.5) is 13.2 Å². The van der Waals surface area contributed by atoms with Gasteiger partial charge in [0, 0.05) is 5.92 Å². The number of alkyl halides is 3. The predicted octanol–water partition coefficient (Wildman–Crippen LogP) is 2.33. The van der Waals surface area contributed by atoms with Crippen molar-refractivity contribution in [2.45, 2.75) is 57.2 Å². The standard InChI is InChI=1S/C12H17F3N4O2/c1-11(2,10(20)21)19-9(16-17-18-19)7-3-5-8(6-4-7)12(13,14)15/h7-8H,3-6H2,1-2H3,(H,20,21). The summed E-state index contributed by atoms with van der Waals surface area (Å²) in [7, 11) is 0. The van der Waals surface area contributed by atoms with Crippen molar-refractivity contribution in [2.24, 2.45) is 5.92 Å². The van der Waals surface area contributed by atoms with Crippen LogP contribution in [0.1, 0.15) is 51.3 Å². The minimum absolute atomic E-state index is 0.0223. The van der Waals surface area contributed by atoms with Crippen molar-refractivity contribution in [1.82, 2.24) is 20.2 Å². The molecular formula is C12H17F3N4O2. The number of hydrogen-bond donors (Lipinski definition) is 1. The second-order valence-electron chi connectivity index (χ2n) is 5.90. The molecule has 0 spiro atoms. The van der Waals surface area contributed by atoms with Crippen LogP contribution in [0.3, 0.4) is 0 Å². The third-order valence-corrected chi connectivity index (χ3v) is 4.10. The number of hydrogen-bond acceptors (Lipinski definition) is 4. The number of halogens is 3. The van der Waals surface area contributed by atoms with Gasteiger partial charge in [0.05, 0.1) is 5.92 Å². The van der Waals surface area contributed by atoms with Gasteiger partial charge in [0.25, 0.3) is 0 Å². The number of tetrazole rings is 1. The maximum absolute atomic E-state index is 12.7. The maximum atomic E-state index is 12.7. The van der Waals surface area contributed by atoms with Crippen LogP contribution >= 0.6 is 0 Å². The molecule has 1 saturated carbocycles. The third kappa shape index (κ3) is 3.01. The molecule has 1 fully saturated rings. The zero-order valence-corrected chi connectivity index (χ0v) is 11.8. The molecule has 0 amide bonds. The first kappa shape index (κ1) is 15.7. The van der Waals surface area contributed by atoms with E-state index in [1.807, 2.05) is 0 Å². The summed E-state index contributed by atoms with van der Waals surface area (Å²) >= 11 is 0. The molecule has 0 aliphatic heterocycles. The molecule has 2 rings (SSSR count). The lowest BCUT2D eigenvalue weighted by molar-refractivity contribution is -0.182. The van der Waals surface area contributed by atoms with E-state index >= 15 is 0 Å². The van der Waals surface area contributed by atoms with Crippen molar-refractivity contribution in [1.29, 1.82) is 0 Å². The molecule has 1 aromatic rings. The summed E-state index contributed by atoms with van der Waals surface area (Å²) in [5.41, 5.74) is -1.33. The van der Waals surface area contributed by atoms with Crippen molar-refractivity contribution in [2.75, 3.05) is 0 Å². The average Bonchev–Trinajstić information content (AvgIpc) is 2.87. The lowest BCUT2D eigenvalue weighted by Crippen LogP contribution is -2.39. The van der Waals surface area contributed by atoms with Gasteiger partial charge in [-0.2, -0.15) is 13.2 Å². The first-order valence-corrected chi connectivity index (χ1v) is 6.73. The largest absolute Gasteiger partial charge is 0.479 e. The van der Waals surface area contributed by atoms with Crippen LogP contribution in [-0.4, -0.2) is 37.5 Å². The van der Waals surface area contributed by atoms with Crippen molar-refractivity contribution in [3.63, 3.8) is 0 Å². The molecule has 0 bridgehead atoms. The molecule has 0 saturated heterocycles. The molecule has 0 aromatic carbocycles. The second-order valence-corrected chi connectivity index (χ2v) is 5.90. The number of carboxylic acids is 1. The van der Waals surface area contributed by atoms with Crippen molar-refractivity contribution < 1.29 is 23.1 Å². The van der Waals surface area contributed by atoms with Gasteiger partial charge < -0.3 is 5.11 Å². The van der Waals surface area contributed by atoms with Crippen LogP contribution in [0.15, 0.2) is 0 Å². The lowest BCUT2D eigenvalue weighted by Gasteiger charge is -2.30. The number of aromatic nitrogens is 4. The Morgan fingerprint density at radius 1 is 1.24 bits per heavy atom. The highest BCUT2D eigenvalue weighted by molar-refractivity contribution is 5.75. The summed E-state index contributed by atoms with van der Waals surface area (Å²) in [5, 5.41) is 20.2. The zero-order chi connectivity index (χ0) is 15.8. The smallest absolute Gasteiger partial charge is 0.391 e. The number of aliphatic carboxylic acids is 1. The van der Waals surface area contributed by atoms with E-state index in [9.17, 15) is 23.1 Å². The van der Waals surface area contributed by atoms with E-state index in [1.54, 1.807) is 0 Å². The molecule has 0 atom stereocenters. The number of nitrogens with zero attached hydrogens (tertiary/aromatic N) is 4. The average molecular weight is 306 g/mol. The van der Waals surface area contributed by atoms with Crippen LogP contribution in [0.5, 0.6) is 0 Å². The Kier molecular flexibility index (Phi) is 3.94. The van der Waals surface area contributed by atoms with Gasteiger partial charge in [-0.05, 0) is 50.0 Å². The molecule has 9 heteroatoms. The molecule has 1 aliphatic carbocycles. The summed E-state index contributed by atoms with van der Waals surface area (Å²) < 4.78 is 39.2. The van der Waals surface area contributed by atoms with Crippen molar-refractivity contribution in [3.05, 3.63) is 5.82 Å². The Morgan fingerprint density at radius 2 is 1.81 bits per heavy atom. The van der Waals surface area contributed by atoms with Gasteiger partial charge in [-0.15, -0.1) is 5.10 Å². The Labute approximate surface area is 119 Å². The van der Waals surface area contributed by atoms with E-state index in [4.69, 9.17) is 0 Å². The minimum Gasteiger partial charge on any atom is -0.479 e. The van der Waals surface area contributed by atoms with E-state index in [1.165, 1.54) is 18.5 Å². The van der Waals surface area contributed by atoms with Crippen LogP contribution in [0.25, 0.3) is 0 Å². The highest BCUT2D eigenvalue weighted by atomic mass is 19.4. The fourth-order valence-electron chi connectivity index (χ4n) is 2.62. The van der Waals surface area contributed by atoms with E-state index in [0.717, 1.165) is 0 Å². The first-order chi connectivity index (χ1) is 9.64. The summed E-state index contributed by atoms with van der Waals surface area (Å²) in [6.45, 7) is 2.91. The van der Waals surface area contributed by atoms with Crippen molar-refractivity contribution in [3.8, 4) is 0 Å². The van der Waals surface area contributed by atoms with Gasteiger partial charge >= 0.3 is 12.1 Å². The molecule has 6 nitrogen and oxygen atoms in total. The number of carboxylic acid groups (broad SMARTS) is 1. The molecule has 21 heavy (non-hydrogen) atoms. The van der Waals surface area contributed by atoms with E-state index in [0.29, 0.717) is 18.7 Å². The normalized spacial score (nSPS) is 24.0. The number of rotatable bonds is 3. The highest BCUT2D eigenvalue weighted by Gasteiger charge is 2.43. The molecule has 1 aliphatic rings. The van der Waals surface area contributed by atoms with Crippen LogP contribution in [-0.2, 0) is 10.3 Å². The molecule has 118 valence electrons. The molecule has 0 unspecified atom stereocenters. The Bertz CT molecular complexity index is 519. The molecule has 1 heterocycles. The summed E-state index contributed by atoms with van der Waals surface area (Å²) in [5.74, 6) is -2.27. The van der Waals surface area contributed by atoms with Gasteiger partial charge in [0.2, 0.25) is 0 Å². The monoisotopic (exact) mass is 306 g/mol. The van der Waals surface area contributed by atoms with Gasteiger partial charge in [-0.25, -0.2) is 9.48 Å². The molecule has 1 N–H and O–H groups in total. The Balaban J connectivity index is 2.16. The van der Waals surface area contributed by atoms with Gasteiger partial charge in [-0.1, -0.05) is 0 Å². The SMILES string of the molecule is CC(C)(C(=O)O)n1nnnc1C1CCC(C(F)(F)F)CC1. The minimum atomic E-state index is -4.17. The molecule has 0 radical (unpaired) electrons. The Hall–Kier alpha value is -1.67. The van der Waals surface area contributed by atoms with Crippen LogP contribution in [0, 0.1) is 5.92 Å². The maximum Gasteiger partial charge on any atom is 0.391 e. The summed E-state index contributed by atoms with van der Waals surface area (Å²) in [4.78, 5) is 11.3. The van der Waals surface area contributed by atoms with Crippen LogP contribution < -0.4 is 0 Å². The molecule has 1 aromatic heterocycles. The van der Waals surface area contributed by atoms with Crippen LogP contribution in [0.2, 0.25) is 0 Å². The highest BCUT2D eigenvalue weighted by Crippen LogP contribution is 2.42. The third-order valence-electron chi connectivity index (χ3n) is 4.10.